The van der Waals surface area contributed by atoms with E-state index in [1.807, 2.05) is 80.7 Å². The zero-order chi connectivity index (χ0) is 23.5. The van der Waals surface area contributed by atoms with Crippen LogP contribution in [0.25, 0.3) is 28.5 Å². The van der Waals surface area contributed by atoms with Crippen LogP contribution >= 0.6 is 11.8 Å². The molecule has 0 radical (unpaired) electrons. The molecule has 1 amide bonds. The van der Waals surface area contributed by atoms with E-state index in [1.54, 1.807) is 21.6 Å². The van der Waals surface area contributed by atoms with Crippen LogP contribution in [0.2, 0.25) is 0 Å². The van der Waals surface area contributed by atoms with E-state index in [-0.39, 0.29) is 11.7 Å². The number of nitrogens with zero attached hydrogens (tertiary/aromatic N) is 5. The van der Waals surface area contributed by atoms with E-state index in [1.165, 1.54) is 17.3 Å². The van der Waals surface area contributed by atoms with Gasteiger partial charge in [0.1, 0.15) is 5.82 Å². The van der Waals surface area contributed by atoms with Crippen molar-refractivity contribution in [1.29, 1.82) is 0 Å². The van der Waals surface area contributed by atoms with Gasteiger partial charge in [-0.25, -0.2) is 4.68 Å². The minimum absolute atomic E-state index is 0.167. The Bertz CT molecular complexity index is 1410. The standard InChI is InChI=1S/C25H22N6O2S/c1-17-10-12-18(13-11-17)20-15-22(31(29-20)19-7-4-3-5-8-19)26-23(32)16-34-25-28-27-24(30(25)2)21-9-6-14-33-21/h3-15H,16H2,1-2H3,(H,26,32). The molecule has 0 aliphatic rings. The molecular formula is C25H22N6O2S. The molecule has 0 saturated heterocycles. The maximum atomic E-state index is 12.9. The van der Waals surface area contributed by atoms with Crippen LogP contribution in [-0.4, -0.2) is 36.2 Å². The topological polar surface area (TPSA) is 90.8 Å². The van der Waals surface area contributed by atoms with E-state index < -0.39 is 0 Å². The number of hydrogen-bond acceptors (Lipinski definition) is 6. The summed E-state index contributed by atoms with van der Waals surface area (Å²) in [7, 11) is 1.84. The van der Waals surface area contributed by atoms with Gasteiger partial charge in [-0.05, 0) is 31.2 Å². The number of furan rings is 1. The van der Waals surface area contributed by atoms with Gasteiger partial charge in [0.15, 0.2) is 16.7 Å². The fourth-order valence-corrected chi connectivity index (χ4v) is 4.18. The Morgan fingerprint density at radius 1 is 1.03 bits per heavy atom. The van der Waals surface area contributed by atoms with E-state index >= 15 is 0 Å². The van der Waals surface area contributed by atoms with E-state index in [2.05, 4.69) is 15.5 Å². The third kappa shape index (κ3) is 4.51. The average molecular weight is 471 g/mol. The molecule has 170 valence electrons. The van der Waals surface area contributed by atoms with Crippen molar-refractivity contribution in [1.82, 2.24) is 24.5 Å². The first-order chi connectivity index (χ1) is 16.6. The van der Waals surface area contributed by atoms with Crippen molar-refractivity contribution in [3.05, 3.63) is 84.6 Å². The Morgan fingerprint density at radius 3 is 2.56 bits per heavy atom. The lowest BCUT2D eigenvalue weighted by molar-refractivity contribution is -0.113. The quantitative estimate of drug-likeness (QED) is 0.338. The van der Waals surface area contributed by atoms with Gasteiger partial charge in [0.2, 0.25) is 5.91 Å². The highest BCUT2D eigenvalue weighted by Gasteiger charge is 2.17. The lowest BCUT2D eigenvalue weighted by Gasteiger charge is -2.08. The number of hydrogen-bond donors (Lipinski definition) is 1. The number of carbonyl (C=O) groups excluding carboxylic acids is 1. The molecule has 0 aliphatic heterocycles. The average Bonchev–Trinajstić information content (AvgIpc) is 3.59. The van der Waals surface area contributed by atoms with Gasteiger partial charge >= 0.3 is 0 Å². The number of nitrogens with one attached hydrogen (secondary N) is 1. The lowest BCUT2D eigenvalue weighted by Crippen LogP contribution is -2.17. The molecule has 5 rings (SSSR count). The molecule has 0 saturated carbocycles. The molecule has 0 bridgehead atoms. The van der Waals surface area contributed by atoms with Crippen molar-refractivity contribution in [3.63, 3.8) is 0 Å². The third-order valence-corrected chi connectivity index (χ3v) is 6.25. The first kappa shape index (κ1) is 21.7. The number of aryl methyl sites for hydroxylation is 1. The number of anilines is 1. The van der Waals surface area contributed by atoms with Gasteiger partial charge in [0, 0.05) is 18.7 Å². The molecule has 5 aromatic rings. The molecule has 2 aromatic carbocycles. The van der Waals surface area contributed by atoms with Crippen LogP contribution in [0.3, 0.4) is 0 Å². The maximum absolute atomic E-state index is 12.9. The predicted octanol–water partition coefficient (Wildman–Crippen LogP) is 4.97. The Balaban J connectivity index is 1.35. The van der Waals surface area contributed by atoms with Crippen molar-refractivity contribution < 1.29 is 9.21 Å². The van der Waals surface area contributed by atoms with Gasteiger partial charge in [-0.3, -0.25) is 4.79 Å². The first-order valence-corrected chi connectivity index (χ1v) is 11.7. The Labute approximate surface area is 200 Å². The minimum Gasteiger partial charge on any atom is -0.461 e. The van der Waals surface area contributed by atoms with Crippen LogP contribution in [0.4, 0.5) is 5.82 Å². The van der Waals surface area contributed by atoms with Crippen LogP contribution in [-0.2, 0) is 11.8 Å². The summed E-state index contributed by atoms with van der Waals surface area (Å²) in [5.41, 5.74) is 3.80. The van der Waals surface area contributed by atoms with Crippen LogP contribution < -0.4 is 5.32 Å². The van der Waals surface area contributed by atoms with Crippen LogP contribution in [0.15, 0.2) is 88.6 Å². The van der Waals surface area contributed by atoms with Crippen molar-refractivity contribution in [2.75, 3.05) is 11.1 Å². The first-order valence-electron chi connectivity index (χ1n) is 10.7. The summed E-state index contributed by atoms with van der Waals surface area (Å²) >= 11 is 1.30. The van der Waals surface area contributed by atoms with Crippen molar-refractivity contribution in [2.24, 2.45) is 7.05 Å². The summed E-state index contributed by atoms with van der Waals surface area (Å²) in [6.07, 6.45) is 1.59. The SMILES string of the molecule is Cc1ccc(-c2cc(NC(=O)CSc3nnc(-c4ccco4)n3C)n(-c3ccccc3)n2)cc1. The van der Waals surface area contributed by atoms with Gasteiger partial charge in [0.25, 0.3) is 0 Å². The molecule has 0 fully saturated rings. The molecule has 9 heteroatoms. The molecule has 8 nitrogen and oxygen atoms in total. The third-order valence-electron chi connectivity index (χ3n) is 5.23. The van der Waals surface area contributed by atoms with Crippen LogP contribution in [0.5, 0.6) is 0 Å². The van der Waals surface area contributed by atoms with E-state index in [4.69, 9.17) is 9.52 Å². The summed E-state index contributed by atoms with van der Waals surface area (Å²) in [6.45, 7) is 2.05. The summed E-state index contributed by atoms with van der Waals surface area (Å²) in [6, 6.07) is 23.4. The smallest absolute Gasteiger partial charge is 0.236 e. The van der Waals surface area contributed by atoms with Gasteiger partial charge in [-0.1, -0.05) is 59.8 Å². The molecule has 34 heavy (non-hydrogen) atoms. The highest BCUT2D eigenvalue weighted by molar-refractivity contribution is 7.99. The van der Waals surface area contributed by atoms with Gasteiger partial charge in [-0.2, -0.15) is 5.10 Å². The van der Waals surface area contributed by atoms with E-state index in [0.29, 0.717) is 22.6 Å². The summed E-state index contributed by atoms with van der Waals surface area (Å²) in [4.78, 5) is 12.9. The molecule has 3 heterocycles. The highest BCUT2D eigenvalue weighted by Crippen LogP contribution is 2.26. The molecule has 1 N–H and O–H groups in total. The van der Waals surface area contributed by atoms with Crippen molar-refractivity contribution in [2.45, 2.75) is 12.1 Å². The lowest BCUT2D eigenvalue weighted by atomic mass is 10.1. The molecule has 3 aromatic heterocycles. The van der Waals surface area contributed by atoms with Gasteiger partial charge in [-0.15, -0.1) is 10.2 Å². The fraction of sp³-hybridized carbons (Fsp3) is 0.120. The number of aromatic nitrogens is 5. The normalized spacial score (nSPS) is 11.0. The fourth-order valence-electron chi connectivity index (χ4n) is 3.47. The second kappa shape index (κ2) is 9.40. The summed E-state index contributed by atoms with van der Waals surface area (Å²) in [5, 5.41) is 16.7. The summed E-state index contributed by atoms with van der Waals surface area (Å²) < 4.78 is 8.95. The molecule has 0 spiro atoms. The van der Waals surface area contributed by atoms with Gasteiger partial charge in [0.05, 0.1) is 23.4 Å². The number of carbonyl (C=O) groups is 1. The maximum Gasteiger partial charge on any atom is 0.236 e. The van der Waals surface area contributed by atoms with Crippen LogP contribution in [0.1, 0.15) is 5.56 Å². The van der Waals surface area contributed by atoms with E-state index in [9.17, 15) is 4.79 Å². The summed E-state index contributed by atoms with van der Waals surface area (Å²) in [5.74, 6) is 1.84. The minimum atomic E-state index is -0.167. The second-order valence-electron chi connectivity index (χ2n) is 7.71. The van der Waals surface area contributed by atoms with Crippen LogP contribution in [0, 0.1) is 6.92 Å². The molecule has 0 atom stereocenters. The molecule has 0 unspecified atom stereocenters. The Kier molecular flexibility index (Phi) is 6.01. The Hall–Kier alpha value is -4.11. The monoisotopic (exact) mass is 470 g/mol. The largest absolute Gasteiger partial charge is 0.461 e. The predicted molar refractivity (Wildman–Crippen MR) is 132 cm³/mol. The molecular weight excluding hydrogens is 448 g/mol. The number of rotatable bonds is 7. The molecule has 0 aliphatic carbocycles. The van der Waals surface area contributed by atoms with E-state index in [0.717, 1.165) is 16.9 Å². The zero-order valence-corrected chi connectivity index (χ0v) is 19.5. The van der Waals surface area contributed by atoms with Crippen molar-refractivity contribution >= 4 is 23.5 Å². The van der Waals surface area contributed by atoms with Crippen molar-refractivity contribution in [3.8, 4) is 28.5 Å². The number of amides is 1. The number of benzene rings is 2. The van der Waals surface area contributed by atoms with Gasteiger partial charge < -0.3 is 14.3 Å². The second-order valence-corrected chi connectivity index (χ2v) is 8.65. The highest BCUT2D eigenvalue weighted by atomic mass is 32.2. The zero-order valence-electron chi connectivity index (χ0n) is 18.7. The number of thioether (sulfide) groups is 1. The Morgan fingerprint density at radius 2 is 1.82 bits per heavy atom. The number of para-hydroxylation sites is 1.